The van der Waals surface area contributed by atoms with Gasteiger partial charge in [0.2, 0.25) is 11.8 Å². The Kier molecular flexibility index (Phi) is 6.18. The summed E-state index contributed by atoms with van der Waals surface area (Å²) in [5.41, 5.74) is 0.703. The molecule has 2 N–H and O–H groups in total. The van der Waals surface area contributed by atoms with Crippen LogP contribution in [-0.2, 0) is 19.1 Å². The monoisotopic (exact) mass is 292 g/mol. The van der Waals surface area contributed by atoms with Crippen LogP contribution < -0.4 is 10.6 Å². The molecule has 0 aromatic heterocycles. The van der Waals surface area contributed by atoms with Gasteiger partial charge in [0.25, 0.3) is 0 Å². The van der Waals surface area contributed by atoms with Crippen LogP contribution in [0, 0.1) is 0 Å². The highest BCUT2D eigenvalue weighted by molar-refractivity contribution is 5.91. The molecule has 0 unspecified atom stereocenters. The van der Waals surface area contributed by atoms with Crippen LogP contribution in [0.5, 0.6) is 0 Å². The highest BCUT2D eigenvalue weighted by Crippen LogP contribution is 2.10. The molecule has 1 aliphatic rings. The Morgan fingerprint density at radius 2 is 1.95 bits per heavy atom. The van der Waals surface area contributed by atoms with Crippen LogP contribution in [0.3, 0.4) is 0 Å². The summed E-state index contributed by atoms with van der Waals surface area (Å²) in [5, 5.41) is 5.40. The summed E-state index contributed by atoms with van der Waals surface area (Å²) in [7, 11) is 0. The van der Waals surface area contributed by atoms with E-state index in [0.29, 0.717) is 12.2 Å². The molecule has 21 heavy (non-hydrogen) atoms. The molecule has 1 saturated heterocycles. The molecule has 1 heterocycles. The molecule has 6 nitrogen and oxygen atoms in total. The van der Waals surface area contributed by atoms with E-state index in [0.717, 1.165) is 19.4 Å². The van der Waals surface area contributed by atoms with E-state index in [2.05, 4.69) is 10.6 Å². The van der Waals surface area contributed by atoms with Gasteiger partial charge in [0.1, 0.15) is 13.2 Å². The lowest BCUT2D eigenvalue weighted by Crippen LogP contribution is -2.35. The van der Waals surface area contributed by atoms with Gasteiger partial charge in [-0.15, -0.1) is 0 Å². The normalized spacial score (nSPS) is 17.4. The Morgan fingerprint density at radius 1 is 1.19 bits per heavy atom. The third-order valence-electron chi connectivity index (χ3n) is 3.07. The molecule has 1 aromatic rings. The molecule has 1 aliphatic heterocycles. The zero-order chi connectivity index (χ0) is 14.9. The lowest BCUT2D eigenvalue weighted by atomic mass is 10.2. The number of nitrogens with one attached hydrogen (secondary N) is 2. The molecule has 2 rings (SSSR count). The Balaban J connectivity index is 1.55. The summed E-state index contributed by atoms with van der Waals surface area (Å²) in [6.07, 6.45) is 2.12. The molecule has 6 heteroatoms. The Hall–Kier alpha value is -1.92. The van der Waals surface area contributed by atoms with Gasteiger partial charge in [0, 0.05) is 18.8 Å². The fourth-order valence-corrected chi connectivity index (χ4v) is 2.04. The Morgan fingerprint density at radius 3 is 2.67 bits per heavy atom. The lowest BCUT2D eigenvalue weighted by molar-refractivity contribution is -0.129. The van der Waals surface area contributed by atoms with Gasteiger partial charge in [0.15, 0.2) is 0 Å². The minimum atomic E-state index is -0.284. The molecule has 1 fully saturated rings. The van der Waals surface area contributed by atoms with Crippen molar-refractivity contribution in [2.24, 2.45) is 0 Å². The number of hydrogen-bond acceptors (Lipinski definition) is 4. The summed E-state index contributed by atoms with van der Waals surface area (Å²) in [5.74, 6) is -0.522. The molecule has 1 aromatic carbocycles. The van der Waals surface area contributed by atoms with Crippen molar-refractivity contribution in [3.8, 4) is 0 Å². The second kappa shape index (κ2) is 8.39. The number of para-hydroxylation sites is 1. The molecule has 0 spiro atoms. The molecule has 114 valence electrons. The van der Waals surface area contributed by atoms with Crippen LogP contribution in [-0.4, -0.2) is 44.3 Å². The SMILES string of the molecule is O=C(COCC(=O)Nc1ccccc1)NC[C@@H]1CCCO1. The van der Waals surface area contributed by atoms with Gasteiger partial charge in [-0.3, -0.25) is 9.59 Å². The van der Waals surface area contributed by atoms with E-state index in [1.165, 1.54) is 0 Å². The number of hydrogen-bond donors (Lipinski definition) is 2. The van der Waals surface area contributed by atoms with E-state index in [1.54, 1.807) is 12.1 Å². The lowest BCUT2D eigenvalue weighted by Gasteiger charge is -2.11. The molecule has 1 atom stereocenters. The van der Waals surface area contributed by atoms with E-state index in [-0.39, 0.29) is 31.1 Å². The summed E-state index contributed by atoms with van der Waals surface area (Å²) in [6, 6.07) is 9.09. The van der Waals surface area contributed by atoms with Crippen molar-refractivity contribution in [1.82, 2.24) is 5.32 Å². The first-order valence-electron chi connectivity index (χ1n) is 7.05. The summed E-state index contributed by atoms with van der Waals surface area (Å²) < 4.78 is 10.5. The maximum absolute atomic E-state index is 11.6. The molecule has 0 bridgehead atoms. The minimum absolute atomic E-state index is 0.107. The van der Waals surface area contributed by atoms with E-state index in [4.69, 9.17) is 9.47 Å². The van der Waals surface area contributed by atoms with Crippen molar-refractivity contribution in [3.05, 3.63) is 30.3 Å². The zero-order valence-corrected chi connectivity index (χ0v) is 11.8. The summed E-state index contributed by atoms with van der Waals surface area (Å²) in [4.78, 5) is 23.1. The molecule has 0 radical (unpaired) electrons. The van der Waals surface area contributed by atoms with E-state index < -0.39 is 0 Å². The van der Waals surface area contributed by atoms with Crippen LogP contribution in [0.2, 0.25) is 0 Å². The first-order valence-corrected chi connectivity index (χ1v) is 7.05. The number of carbonyl (C=O) groups is 2. The largest absolute Gasteiger partial charge is 0.376 e. The Labute approximate surface area is 123 Å². The smallest absolute Gasteiger partial charge is 0.250 e. The third kappa shape index (κ3) is 5.93. The van der Waals surface area contributed by atoms with Crippen molar-refractivity contribution >= 4 is 17.5 Å². The third-order valence-corrected chi connectivity index (χ3v) is 3.07. The number of amides is 2. The van der Waals surface area contributed by atoms with Gasteiger partial charge in [-0.1, -0.05) is 18.2 Å². The van der Waals surface area contributed by atoms with Crippen LogP contribution >= 0.6 is 0 Å². The van der Waals surface area contributed by atoms with Crippen LogP contribution in [0.25, 0.3) is 0 Å². The van der Waals surface area contributed by atoms with Gasteiger partial charge in [-0.05, 0) is 25.0 Å². The number of benzene rings is 1. The van der Waals surface area contributed by atoms with Crippen molar-refractivity contribution in [3.63, 3.8) is 0 Å². The molecule has 0 saturated carbocycles. The molecular weight excluding hydrogens is 272 g/mol. The van der Waals surface area contributed by atoms with Crippen molar-refractivity contribution < 1.29 is 19.1 Å². The number of ether oxygens (including phenoxy) is 2. The van der Waals surface area contributed by atoms with Gasteiger partial charge in [-0.25, -0.2) is 0 Å². The van der Waals surface area contributed by atoms with Gasteiger partial charge in [-0.2, -0.15) is 0 Å². The van der Waals surface area contributed by atoms with Crippen molar-refractivity contribution in [2.75, 3.05) is 31.7 Å². The van der Waals surface area contributed by atoms with E-state index in [1.807, 2.05) is 18.2 Å². The van der Waals surface area contributed by atoms with E-state index in [9.17, 15) is 9.59 Å². The maximum atomic E-state index is 11.6. The summed E-state index contributed by atoms with van der Waals surface area (Å²) >= 11 is 0. The van der Waals surface area contributed by atoms with Gasteiger partial charge in [0.05, 0.1) is 6.10 Å². The fourth-order valence-electron chi connectivity index (χ4n) is 2.04. The fraction of sp³-hybridized carbons (Fsp3) is 0.467. The van der Waals surface area contributed by atoms with E-state index >= 15 is 0 Å². The van der Waals surface area contributed by atoms with Crippen LogP contribution in [0.1, 0.15) is 12.8 Å². The summed E-state index contributed by atoms with van der Waals surface area (Å²) in [6.45, 7) is 0.978. The van der Waals surface area contributed by atoms with Crippen molar-refractivity contribution in [1.29, 1.82) is 0 Å². The number of carbonyl (C=O) groups excluding carboxylic acids is 2. The molecular formula is C15H20N2O4. The number of rotatable bonds is 7. The average molecular weight is 292 g/mol. The Bertz CT molecular complexity index is 458. The minimum Gasteiger partial charge on any atom is -0.376 e. The molecule has 2 amide bonds. The standard InChI is InChI=1S/C15H20N2O4/c18-14(16-9-13-7-4-8-21-13)10-20-11-15(19)17-12-5-2-1-3-6-12/h1-3,5-6,13H,4,7-11H2,(H,16,18)(H,17,19)/t13-/m0/s1. The van der Waals surface area contributed by atoms with Crippen molar-refractivity contribution in [2.45, 2.75) is 18.9 Å². The van der Waals surface area contributed by atoms with Gasteiger partial charge < -0.3 is 20.1 Å². The maximum Gasteiger partial charge on any atom is 0.250 e. The first kappa shape index (κ1) is 15.5. The number of anilines is 1. The average Bonchev–Trinajstić information content (AvgIpc) is 2.99. The second-order valence-electron chi connectivity index (χ2n) is 4.85. The first-order chi connectivity index (χ1) is 10.2. The predicted octanol–water partition coefficient (Wildman–Crippen LogP) is 0.937. The van der Waals surface area contributed by atoms with Crippen LogP contribution in [0.4, 0.5) is 5.69 Å². The van der Waals surface area contributed by atoms with Gasteiger partial charge >= 0.3 is 0 Å². The topological polar surface area (TPSA) is 76.7 Å². The second-order valence-corrected chi connectivity index (χ2v) is 4.85. The molecule has 0 aliphatic carbocycles. The highest BCUT2D eigenvalue weighted by Gasteiger charge is 2.16. The highest BCUT2D eigenvalue weighted by atomic mass is 16.5. The predicted molar refractivity (Wildman–Crippen MR) is 77.9 cm³/mol. The quantitative estimate of drug-likeness (QED) is 0.784. The zero-order valence-electron chi connectivity index (χ0n) is 11.8. The van der Waals surface area contributed by atoms with Crippen LogP contribution in [0.15, 0.2) is 30.3 Å².